The minimum Gasteiger partial charge on any atom is -0.391 e. The van der Waals surface area contributed by atoms with Gasteiger partial charge in [-0.15, -0.1) is 0 Å². The molecule has 0 spiro atoms. The van der Waals surface area contributed by atoms with Gasteiger partial charge < -0.3 is 10.8 Å². The van der Waals surface area contributed by atoms with E-state index in [1.807, 2.05) is 0 Å². The van der Waals surface area contributed by atoms with Gasteiger partial charge in [-0.05, 0) is 43.7 Å². The van der Waals surface area contributed by atoms with Crippen molar-refractivity contribution in [3.05, 3.63) is 34.9 Å². The second-order valence-electron chi connectivity index (χ2n) is 5.52. The minimum absolute atomic E-state index is 0.0943. The van der Waals surface area contributed by atoms with Gasteiger partial charge in [0.2, 0.25) is 0 Å². The fourth-order valence-corrected chi connectivity index (χ4v) is 2.57. The van der Waals surface area contributed by atoms with E-state index in [1.165, 1.54) is 16.7 Å². The average Bonchev–Trinajstić information content (AvgIpc) is 2.28. The van der Waals surface area contributed by atoms with E-state index >= 15 is 0 Å². The third kappa shape index (κ3) is 4.11. The summed E-state index contributed by atoms with van der Waals surface area (Å²) in [7, 11) is 0. The van der Waals surface area contributed by atoms with Gasteiger partial charge in [-0.1, -0.05) is 44.0 Å². The lowest BCUT2D eigenvalue weighted by molar-refractivity contribution is 0.124. The van der Waals surface area contributed by atoms with E-state index in [-0.39, 0.29) is 6.04 Å². The van der Waals surface area contributed by atoms with Gasteiger partial charge in [0.25, 0.3) is 0 Å². The van der Waals surface area contributed by atoms with Gasteiger partial charge in [-0.25, -0.2) is 0 Å². The van der Waals surface area contributed by atoms with Crippen LogP contribution < -0.4 is 5.73 Å². The molecular formula is C16H27NO. The molecular weight excluding hydrogens is 222 g/mol. The fraction of sp³-hybridized carbons (Fsp3) is 0.625. The summed E-state index contributed by atoms with van der Waals surface area (Å²) in [6.07, 6.45) is 2.25. The highest BCUT2D eigenvalue weighted by Gasteiger charge is 2.18. The smallest absolute Gasteiger partial charge is 0.0696 e. The van der Waals surface area contributed by atoms with Gasteiger partial charge in [-0.2, -0.15) is 0 Å². The van der Waals surface area contributed by atoms with Crippen molar-refractivity contribution in [3.63, 3.8) is 0 Å². The van der Waals surface area contributed by atoms with Crippen LogP contribution in [0.3, 0.4) is 0 Å². The van der Waals surface area contributed by atoms with Gasteiger partial charge in [0.15, 0.2) is 0 Å². The summed E-state index contributed by atoms with van der Waals surface area (Å²) < 4.78 is 0. The maximum Gasteiger partial charge on any atom is 0.0696 e. The van der Waals surface area contributed by atoms with E-state index in [2.05, 4.69) is 45.9 Å². The Morgan fingerprint density at radius 2 is 1.94 bits per heavy atom. The Morgan fingerprint density at radius 3 is 2.50 bits per heavy atom. The molecule has 1 aromatic rings. The van der Waals surface area contributed by atoms with Crippen LogP contribution in [0.2, 0.25) is 0 Å². The van der Waals surface area contributed by atoms with Crippen LogP contribution in [0.1, 0.15) is 55.7 Å². The first-order valence-corrected chi connectivity index (χ1v) is 6.96. The van der Waals surface area contributed by atoms with Crippen LogP contribution in [0.15, 0.2) is 18.2 Å². The van der Waals surface area contributed by atoms with Crippen molar-refractivity contribution < 1.29 is 5.11 Å². The highest BCUT2D eigenvalue weighted by atomic mass is 16.3. The number of nitrogens with two attached hydrogens (primary N) is 1. The predicted molar refractivity (Wildman–Crippen MR) is 77.8 cm³/mol. The normalized spacial score (nSPS) is 16.3. The average molecular weight is 249 g/mol. The van der Waals surface area contributed by atoms with E-state index in [4.69, 9.17) is 5.73 Å². The van der Waals surface area contributed by atoms with Crippen molar-refractivity contribution in [3.8, 4) is 0 Å². The molecule has 2 nitrogen and oxygen atoms in total. The molecule has 3 N–H and O–H groups in total. The summed E-state index contributed by atoms with van der Waals surface area (Å²) in [5, 5.41) is 10.1. The van der Waals surface area contributed by atoms with Crippen LogP contribution in [0.5, 0.6) is 0 Å². The molecule has 0 aliphatic carbocycles. The standard InChI is InChI=1S/C16H27NO/c1-5-6-15(17)16(18)10-13(4)14-8-7-11(2)9-12(14)3/h7-9,13,15-16,18H,5-6,10,17H2,1-4H3. The Balaban J connectivity index is 2.67. The largest absolute Gasteiger partial charge is 0.391 e. The number of hydrogen-bond donors (Lipinski definition) is 2. The predicted octanol–water partition coefficient (Wildman–Crippen LogP) is 3.29. The maximum absolute atomic E-state index is 10.1. The van der Waals surface area contributed by atoms with E-state index < -0.39 is 6.10 Å². The Labute approximate surface area is 111 Å². The molecule has 0 fully saturated rings. The zero-order chi connectivity index (χ0) is 13.7. The molecule has 0 saturated heterocycles. The second kappa shape index (κ2) is 6.91. The number of rotatable bonds is 6. The highest BCUT2D eigenvalue weighted by molar-refractivity contribution is 5.32. The highest BCUT2D eigenvalue weighted by Crippen LogP contribution is 2.25. The SMILES string of the molecule is CCCC(N)C(O)CC(C)c1ccc(C)cc1C. The van der Waals surface area contributed by atoms with Crippen molar-refractivity contribution in [1.29, 1.82) is 0 Å². The van der Waals surface area contributed by atoms with Crippen molar-refractivity contribution in [2.45, 2.75) is 65.0 Å². The lowest BCUT2D eigenvalue weighted by Crippen LogP contribution is -2.35. The second-order valence-corrected chi connectivity index (χ2v) is 5.52. The van der Waals surface area contributed by atoms with E-state index in [9.17, 15) is 5.11 Å². The first-order chi connectivity index (χ1) is 8.45. The molecule has 0 saturated carbocycles. The van der Waals surface area contributed by atoms with Crippen LogP contribution in [-0.4, -0.2) is 17.3 Å². The fourth-order valence-electron chi connectivity index (χ4n) is 2.57. The number of benzene rings is 1. The molecule has 1 aromatic carbocycles. The zero-order valence-electron chi connectivity index (χ0n) is 12.1. The van der Waals surface area contributed by atoms with Crippen LogP contribution >= 0.6 is 0 Å². The van der Waals surface area contributed by atoms with Gasteiger partial charge in [0.05, 0.1) is 6.10 Å². The lowest BCUT2D eigenvalue weighted by Gasteiger charge is -2.23. The van der Waals surface area contributed by atoms with Crippen molar-refractivity contribution in [2.24, 2.45) is 5.73 Å². The Hall–Kier alpha value is -0.860. The Morgan fingerprint density at radius 1 is 1.28 bits per heavy atom. The zero-order valence-corrected chi connectivity index (χ0v) is 12.1. The molecule has 0 aromatic heterocycles. The molecule has 0 radical (unpaired) electrons. The quantitative estimate of drug-likeness (QED) is 0.812. The van der Waals surface area contributed by atoms with Crippen LogP contribution in [0, 0.1) is 13.8 Å². The molecule has 2 heteroatoms. The number of hydrogen-bond acceptors (Lipinski definition) is 2. The summed E-state index contributed by atoms with van der Waals surface area (Å²) in [4.78, 5) is 0. The summed E-state index contributed by atoms with van der Waals surface area (Å²) in [5.74, 6) is 0.350. The van der Waals surface area contributed by atoms with Gasteiger partial charge in [0.1, 0.15) is 0 Å². The summed E-state index contributed by atoms with van der Waals surface area (Å²) in [6.45, 7) is 8.50. The summed E-state index contributed by atoms with van der Waals surface area (Å²) in [6, 6.07) is 6.41. The molecule has 0 amide bonds. The molecule has 1 rings (SSSR count). The van der Waals surface area contributed by atoms with Crippen LogP contribution in [-0.2, 0) is 0 Å². The van der Waals surface area contributed by atoms with Gasteiger partial charge in [-0.3, -0.25) is 0 Å². The first-order valence-electron chi connectivity index (χ1n) is 6.96. The summed E-state index contributed by atoms with van der Waals surface area (Å²) >= 11 is 0. The molecule has 0 heterocycles. The van der Waals surface area contributed by atoms with E-state index in [1.54, 1.807) is 0 Å². The molecule has 3 atom stereocenters. The van der Waals surface area contributed by atoms with E-state index in [0.29, 0.717) is 5.92 Å². The molecule has 0 bridgehead atoms. The number of aliphatic hydroxyl groups excluding tert-OH is 1. The maximum atomic E-state index is 10.1. The lowest BCUT2D eigenvalue weighted by atomic mass is 9.88. The topological polar surface area (TPSA) is 46.2 Å². The molecule has 0 aliphatic heterocycles. The van der Waals surface area contributed by atoms with Crippen LogP contribution in [0.4, 0.5) is 0 Å². The number of aryl methyl sites for hydroxylation is 2. The Bertz CT molecular complexity index is 375. The monoisotopic (exact) mass is 249 g/mol. The summed E-state index contributed by atoms with van der Waals surface area (Å²) in [5.41, 5.74) is 9.88. The van der Waals surface area contributed by atoms with Crippen molar-refractivity contribution in [1.82, 2.24) is 0 Å². The Kier molecular flexibility index (Phi) is 5.83. The third-order valence-corrected chi connectivity index (χ3v) is 3.67. The minimum atomic E-state index is -0.402. The van der Waals surface area contributed by atoms with E-state index in [0.717, 1.165) is 19.3 Å². The number of aliphatic hydroxyl groups is 1. The molecule has 3 unspecified atom stereocenters. The van der Waals surface area contributed by atoms with Crippen LogP contribution in [0.25, 0.3) is 0 Å². The molecule has 18 heavy (non-hydrogen) atoms. The third-order valence-electron chi connectivity index (χ3n) is 3.67. The van der Waals surface area contributed by atoms with Gasteiger partial charge >= 0.3 is 0 Å². The van der Waals surface area contributed by atoms with Crippen molar-refractivity contribution >= 4 is 0 Å². The van der Waals surface area contributed by atoms with Crippen molar-refractivity contribution in [2.75, 3.05) is 0 Å². The van der Waals surface area contributed by atoms with Gasteiger partial charge in [0, 0.05) is 6.04 Å². The molecule has 102 valence electrons. The molecule has 0 aliphatic rings. The first kappa shape index (κ1) is 15.2.